The molecule has 1 atom stereocenters. The second kappa shape index (κ2) is 9.51. The Kier molecular flexibility index (Phi) is 6.58. The smallest absolute Gasteiger partial charge is 0.330 e. The molecular formula is C24H23NO3. The molecular weight excluding hydrogens is 350 g/mol. The molecule has 0 aromatic heterocycles. The minimum Gasteiger partial charge on any atom is -0.497 e. The highest BCUT2D eigenvalue weighted by Gasteiger charge is 2.17. The Morgan fingerprint density at radius 2 is 1.50 bits per heavy atom. The summed E-state index contributed by atoms with van der Waals surface area (Å²) < 4.78 is 10.1. The highest BCUT2D eigenvalue weighted by Crippen LogP contribution is 2.22. The van der Waals surface area contributed by atoms with E-state index in [2.05, 4.69) is 4.99 Å². The molecule has 0 saturated carbocycles. The highest BCUT2D eigenvalue weighted by molar-refractivity contribution is 5.85. The summed E-state index contributed by atoms with van der Waals surface area (Å²) in [5, 5.41) is 0. The Labute approximate surface area is 165 Å². The van der Waals surface area contributed by atoms with Gasteiger partial charge in [-0.25, -0.2) is 4.79 Å². The third kappa shape index (κ3) is 5.07. The van der Waals surface area contributed by atoms with E-state index in [1.807, 2.05) is 78.9 Å². The molecule has 0 aliphatic heterocycles. The van der Waals surface area contributed by atoms with E-state index in [0.29, 0.717) is 6.42 Å². The van der Waals surface area contributed by atoms with Crippen LogP contribution in [0.15, 0.2) is 83.9 Å². The largest absolute Gasteiger partial charge is 0.497 e. The molecule has 0 amide bonds. The Balaban J connectivity index is 1.72. The van der Waals surface area contributed by atoms with Crippen molar-refractivity contribution >= 4 is 12.2 Å². The number of carbonyl (C=O) groups excluding carboxylic acids is 1. The van der Waals surface area contributed by atoms with Crippen LogP contribution in [0, 0.1) is 0 Å². The quantitative estimate of drug-likeness (QED) is 0.450. The first-order valence-corrected chi connectivity index (χ1v) is 9.09. The van der Waals surface area contributed by atoms with Crippen molar-refractivity contribution in [3.8, 4) is 16.9 Å². The molecule has 28 heavy (non-hydrogen) atoms. The van der Waals surface area contributed by atoms with Crippen LogP contribution in [-0.4, -0.2) is 32.4 Å². The van der Waals surface area contributed by atoms with Gasteiger partial charge in [0.05, 0.1) is 14.2 Å². The number of hydrogen-bond donors (Lipinski definition) is 0. The molecule has 0 fully saturated rings. The van der Waals surface area contributed by atoms with Gasteiger partial charge >= 0.3 is 5.97 Å². The Bertz CT molecular complexity index is 916. The molecule has 3 aromatic carbocycles. The number of rotatable bonds is 7. The maximum atomic E-state index is 12.1. The number of hydrogen-bond acceptors (Lipinski definition) is 4. The molecule has 0 unspecified atom stereocenters. The average Bonchev–Trinajstić information content (AvgIpc) is 2.77. The van der Waals surface area contributed by atoms with E-state index in [1.54, 1.807) is 13.3 Å². The summed E-state index contributed by atoms with van der Waals surface area (Å²) in [6.45, 7) is 0. The number of methoxy groups -OCH3 is 2. The van der Waals surface area contributed by atoms with E-state index >= 15 is 0 Å². The first kappa shape index (κ1) is 19.4. The summed E-state index contributed by atoms with van der Waals surface area (Å²) in [5.41, 5.74) is 4.19. The molecule has 4 heteroatoms. The molecule has 0 saturated heterocycles. The van der Waals surface area contributed by atoms with Crippen LogP contribution in [0.2, 0.25) is 0 Å². The number of benzene rings is 3. The Morgan fingerprint density at radius 3 is 2.07 bits per heavy atom. The second-order valence-electron chi connectivity index (χ2n) is 6.36. The monoisotopic (exact) mass is 373 g/mol. The topological polar surface area (TPSA) is 47.9 Å². The van der Waals surface area contributed by atoms with Crippen molar-refractivity contribution < 1.29 is 14.3 Å². The van der Waals surface area contributed by atoms with E-state index < -0.39 is 6.04 Å². The maximum Gasteiger partial charge on any atom is 0.330 e. The minimum atomic E-state index is -0.561. The molecule has 0 heterocycles. The summed E-state index contributed by atoms with van der Waals surface area (Å²) in [7, 11) is 3.04. The van der Waals surface area contributed by atoms with Crippen LogP contribution in [-0.2, 0) is 16.0 Å². The number of ether oxygens (including phenoxy) is 2. The van der Waals surface area contributed by atoms with Crippen molar-refractivity contribution in [3.63, 3.8) is 0 Å². The number of aliphatic imine (C=N–C) groups is 1. The summed E-state index contributed by atoms with van der Waals surface area (Å²) in [5.74, 6) is 0.495. The molecule has 0 aliphatic carbocycles. The SMILES string of the molecule is COC(=O)[C@H](Cc1ccccc1)N=Cc1ccc(-c2ccc(OC)cc2)cc1. The molecule has 3 aromatic rings. The fourth-order valence-corrected chi connectivity index (χ4v) is 2.89. The zero-order valence-electron chi connectivity index (χ0n) is 16.0. The predicted molar refractivity (Wildman–Crippen MR) is 112 cm³/mol. The third-order valence-corrected chi connectivity index (χ3v) is 4.48. The van der Waals surface area contributed by atoms with Crippen molar-refractivity contribution in [2.45, 2.75) is 12.5 Å². The summed E-state index contributed by atoms with van der Waals surface area (Å²) in [6, 6.07) is 25.2. The second-order valence-corrected chi connectivity index (χ2v) is 6.36. The zero-order valence-corrected chi connectivity index (χ0v) is 16.0. The summed E-state index contributed by atoms with van der Waals surface area (Å²) in [6.07, 6.45) is 2.23. The number of nitrogens with zero attached hydrogens (tertiary/aromatic N) is 1. The van der Waals surface area contributed by atoms with Gasteiger partial charge in [-0.1, -0.05) is 66.7 Å². The molecule has 0 radical (unpaired) electrons. The van der Waals surface area contributed by atoms with E-state index in [1.165, 1.54) is 7.11 Å². The van der Waals surface area contributed by atoms with Crippen LogP contribution in [0.1, 0.15) is 11.1 Å². The number of esters is 1. The van der Waals surface area contributed by atoms with Gasteiger partial charge in [-0.05, 0) is 34.4 Å². The van der Waals surface area contributed by atoms with Crippen molar-refractivity contribution in [2.24, 2.45) is 4.99 Å². The van der Waals surface area contributed by atoms with Gasteiger partial charge < -0.3 is 9.47 Å². The van der Waals surface area contributed by atoms with Crippen molar-refractivity contribution in [1.82, 2.24) is 0 Å². The molecule has 0 bridgehead atoms. The lowest BCUT2D eigenvalue weighted by Gasteiger charge is -2.10. The molecule has 0 N–H and O–H groups in total. The van der Waals surface area contributed by atoms with Crippen LogP contribution in [0.4, 0.5) is 0 Å². The normalized spacial score (nSPS) is 11.9. The Morgan fingerprint density at radius 1 is 0.893 bits per heavy atom. The molecule has 0 spiro atoms. The van der Waals surface area contributed by atoms with Crippen molar-refractivity contribution in [1.29, 1.82) is 0 Å². The van der Waals surface area contributed by atoms with Crippen molar-refractivity contribution in [2.75, 3.05) is 14.2 Å². The van der Waals surface area contributed by atoms with Crippen molar-refractivity contribution in [3.05, 3.63) is 90.0 Å². The van der Waals surface area contributed by atoms with Crippen LogP contribution >= 0.6 is 0 Å². The van der Waals surface area contributed by atoms with Crippen LogP contribution in [0.3, 0.4) is 0 Å². The van der Waals surface area contributed by atoms with E-state index in [9.17, 15) is 4.79 Å². The molecule has 0 aliphatic rings. The zero-order chi connectivity index (χ0) is 19.8. The van der Waals surface area contributed by atoms with Gasteiger partial charge in [0.2, 0.25) is 0 Å². The lowest BCUT2D eigenvalue weighted by Crippen LogP contribution is -2.23. The predicted octanol–water partition coefficient (Wildman–Crippen LogP) is 4.57. The van der Waals surface area contributed by atoms with Gasteiger partial charge in [0.15, 0.2) is 6.04 Å². The van der Waals surface area contributed by atoms with Crippen LogP contribution in [0.5, 0.6) is 5.75 Å². The van der Waals surface area contributed by atoms with E-state index in [0.717, 1.165) is 28.0 Å². The molecule has 142 valence electrons. The Hall–Kier alpha value is -3.40. The fraction of sp³-hybridized carbons (Fsp3) is 0.167. The van der Waals surface area contributed by atoms with Gasteiger partial charge in [0.1, 0.15) is 5.75 Å². The standard InChI is InChI=1S/C24H23NO3/c1-27-22-14-12-21(13-15-22)20-10-8-19(9-11-20)17-25-23(24(26)28-2)16-18-6-4-3-5-7-18/h3-15,17,23H,16H2,1-2H3/t23-/m0/s1. The highest BCUT2D eigenvalue weighted by atomic mass is 16.5. The average molecular weight is 373 g/mol. The van der Waals surface area contributed by atoms with Gasteiger partial charge in [-0.3, -0.25) is 4.99 Å². The third-order valence-electron chi connectivity index (χ3n) is 4.48. The fourth-order valence-electron chi connectivity index (χ4n) is 2.89. The number of carbonyl (C=O) groups is 1. The lowest BCUT2D eigenvalue weighted by molar-refractivity contribution is -0.142. The minimum absolute atomic E-state index is 0.338. The van der Waals surface area contributed by atoms with Gasteiger partial charge in [0.25, 0.3) is 0 Å². The summed E-state index contributed by atoms with van der Waals surface area (Å²) >= 11 is 0. The van der Waals surface area contributed by atoms with Crippen LogP contribution < -0.4 is 4.74 Å². The van der Waals surface area contributed by atoms with E-state index in [4.69, 9.17) is 9.47 Å². The first-order chi connectivity index (χ1) is 13.7. The summed E-state index contributed by atoms with van der Waals surface area (Å²) in [4.78, 5) is 16.6. The van der Waals surface area contributed by atoms with Gasteiger partial charge in [-0.2, -0.15) is 0 Å². The van der Waals surface area contributed by atoms with Gasteiger partial charge in [0, 0.05) is 12.6 Å². The lowest BCUT2D eigenvalue weighted by atomic mass is 10.0. The molecule has 3 rings (SSSR count). The maximum absolute atomic E-state index is 12.1. The van der Waals surface area contributed by atoms with Crippen LogP contribution in [0.25, 0.3) is 11.1 Å². The first-order valence-electron chi connectivity index (χ1n) is 9.09. The van der Waals surface area contributed by atoms with E-state index in [-0.39, 0.29) is 5.97 Å². The molecule has 4 nitrogen and oxygen atoms in total. The van der Waals surface area contributed by atoms with Gasteiger partial charge in [-0.15, -0.1) is 0 Å².